The summed E-state index contributed by atoms with van der Waals surface area (Å²) in [4.78, 5) is 12.9. The maximum Gasteiger partial charge on any atom is 0.166 e. The third-order valence-corrected chi connectivity index (χ3v) is 4.67. The lowest BCUT2D eigenvalue weighted by molar-refractivity contribution is 0.391. The van der Waals surface area contributed by atoms with Crippen LogP contribution in [-0.4, -0.2) is 19.5 Å². The molecule has 112 valence electrons. The number of aromatic nitrogens is 4. The van der Waals surface area contributed by atoms with Crippen molar-refractivity contribution < 1.29 is 0 Å². The fourth-order valence-corrected chi connectivity index (χ4v) is 3.66. The van der Waals surface area contributed by atoms with Crippen LogP contribution in [0.4, 0.5) is 5.82 Å². The molecule has 1 unspecified atom stereocenters. The van der Waals surface area contributed by atoms with Crippen molar-refractivity contribution in [2.75, 3.05) is 5.73 Å². The van der Waals surface area contributed by atoms with Gasteiger partial charge < -0.3 is 10.3 Å². The number of fused-ring (bicyclic) bond motifs is 1. The number of benzene rings is 1. The molecule has 1 saturated carbocycles. The Labute approximate surface area is 129 Å². The van der Waals surface area contributed by atoms with Crippen LogP contribution in [0, 0.1) is 5.92 Å². The molecule has 5 heteroatoms. The first kappa shape index (κ1) is 13.2. The Morgan fingerprint density at radius 1 is 1.05 bits per heavy atom. The first-order chi connectivity index (χ1) is 10.8. The van der Waals surface area contributed by atoms with Crippen molar-refractivity contribution in [1.29, 1.82) is 0 Å². The average molecular weight is 293 g/mol. The molecular weight excluding hydrogens is 274 g/mol. The summed E-state index contributed by atoms with van der Waals surface area (Å²) in [5.74, 6) is 1.07. The molecule has 2 heterocycles. The number of hydrogen-bond donors (Lipinski definition) is 1. The van der Waals surface area contributed by atoms with Gasteiger partial charge in [0.1, 0.15) is 11.8 Å². The van der Waals surface area contributed by atoms with Crippen LogP contribution >= 0.6 is 0 Å². The van der Waals surface area contributed by atoms with Crippen LogP contribution in [-0.2, 0) is 0 Å². The molecule has 1 fully saturated rings. The van der Waals surface area contributed by atoms with E-state index in [2.05, 4.69) is 49.9 Å². The van der Waals surface area contributed by atoms with E-state index in [0.29, 0.717) is 17.3 Å². The van der Waals surface area contributed by atoms with Crippen LogP contribution in [0.25, 0.3) is 11.2 Å². The molecule has 2 N–H and O–H groups in total. The van der Waals surface area contributed by atoms with Crippen LogP contribution in [0.2, 0.25) is 0 Å². The highest BCUT2D eigenvalue weighted by Crippen LogP contribution is 2.39. The van der Waals surface area contributed by atoms with Gasteiger partial charge in [0.2, 0.25) is 0 Å². The molecule has 22 heavy (non-hydrogen) atoms. The van der Waals surface area contributed by atoms with E-state index >= 15 is 0 Å². The van der Waals surface area contributed by atoms with Crippen LogP contribution < -0.4 is 5.73 Å². The average Bonchev–Trinajstić information content (AvgIpc) is 3.20. The summed E-state index contributed by atoms with van der Waals surface area (Å²) in [7, 11) is 0. The summed E-state index contributed by atoms with van der Waals surface area (Å²) in [6.07, 6.45) is 8.49. The van der Waals surface area contributed by atoms with Crippen LogP contribution in [0.15, 0.2) is 43.0 Å². The second kappa shape index (κ2) is 5.40. The fraction of sp³-hybridized carbons (Fsp3) is 0.353. The van der Waals surface area contributed by atoms with Crippen molar-refractivity contribution in [3.05, 3.63) is 48.5 Å². The molecule has 0 saturated heterocycles. The lowest BCUT2D eigenvalue weighted by Crippen LogP contribution is -2.18. The van der Waals surface area contributed by atoms with E-state index < -0.39 is 0 Å². The SMILES string of the molecule is Nc1ncnc2c1ncn2C(c1ccccc1)C1CCCC1. The molecule has 3 aromatic rings. The van der Waals surface area contributed by atoms with Gasteiger partial charge in [-0.2, -0.15) is 0 Å². The van der Waals surface area contributed by atoms with Crippen LogP contribution in [0.5, 0.6) is 0 Å². The molecule has 0 spiro atoms. The monoisotopic (exact) mass is 293 g/mol. The molecule has 1 aromatic carbocycles. The van der Waals surface area contributed by atoms with E-state index in [4.69, 9.17) is 5.73 Å². The van der Waals surface area contributed by atoms with Crippen molar-refractivity contribution in [3.63, 3.8) is 0 Å². The van der Waals surface area contributed by atoms with E-state index in [1.807, 2.05) is 6.33 Å². The predicted molar refractivity (Wildman–Crippen MR) is 86.3 cm³/mol. The van der Waals surface area contributed by atoms with E-state index in [9.17, 15) is 0 Å². The Hall–Kier alpha value is -2.43. The minimum atomic E-state index is 0.267. The number of nitrogens with zero attached hydrogens (tertiary/aromatic N) is 4. The van der Waals surface area contributed by atoms with Crippen molar-refractivity contribution >= 4 is 17.0 Å². The molecule has 0 aliphatic heterocycles. The molecule has 1 aliphatic carbocycles. The second-order valence-electron chi connectivity index (χ2n) is 5.98. The second-order valence-corrected chi connectivity index (χ2v) is 5.98. The standard InChI is InChI=1S/C17H19N5/c18-16-14-17(20-10-19-16)22(11-21-14)15(13-8-4-5-9-13)12-6-2-1-3-7-12/h1-3,6-7,10-11,13,15H,4-5,8-9H2,(H2,18,19,20). The quantitative estimate of drug-likeness (QED) is 0.805. The maximum absolute atomic E-state index is 5.93. The molecule has 4 rings (SSSR count). The molecule has 0 radical (unpaired) electrons. The van der Waals surface area contributed by atoms with Crippen LogP contribution in [0.1, 0.15) is 37.3 Å². The smallest absolute Gasteiger partial charge is 0.166 e. The molecule has 0 amide bonds. The molecule has 1 atom stereocenters. The van der Waals surface area contributed by atoms with Gasteiger partial charge in [-0.1, -0.05) is 43.2 Å². The number of imidazole rings is 1. The van der Waals surface area contributed by atoms with Gasteiger partial charge in [-0.3, -0.25) is 0 Å². The molecule has 0 bridgehead atoms. The zero-order valence-corrected chi connectivity index (χ0v) is 12.4. The van der Waals surface area contributed by atoms with Gasteiger partial charge in [-0.05, 0) is 24.3 Å². The summed E-state index contributed by atoms with van der Waals surface area (Å²) in [6.45, 7) is 0. The first-order valence-electron chi connectivity index (χ1n) is 7.82. The lowest BCUT2D eigenvalue weighted by atomic mass is 9.91. The number of rotatable bonds is 3. The highest BCUT2D eigenvalue weighted by atomic mass is 15.1. The molecule has 2 aromatic heterocycles. The van der Waals surface area contributed by atoms with Gasteiger partial charge in [-0.15, -0.1) is 0 Å². The summed E-state index contributed by atoms with van der Waals surface area (Å²) in [5.41, 5.74) is 8.77. The maximum atomic E-state index is 5.93. The molecule has 5 nitrogen and oxygen atoms in total. The largest absolute Gasteiger partial charge is 0.382 e. The predicted octanol–water partition coefficient (Wildman–Crippen LogP) is 3.19. The minimum absolute atomic E-state index is 0.267. The zero-order chi connectivity index (χ0) is 14.9. The Balaban J connectivity index is 1.87. The summed E-state index contributed by atoms with van der Waals surface area (Å²) < 4.78 is 2.18. The first-order valence-corrected chi connectivity index (χ1v) is 7.82. The Bertz CT molecular complexity index is 774. The van der Waals surface area contributed by atoms with E-state index in [-0.39, 0.29) is 6.04 Å². The normalized spacial score (nSPS) is 17.1. The van der Waals surface area contributed by atoms with Crippen molar-refractivity contribution in [2.24, 2.45) is 5.92 Å². The van der Waals surface area contributed by atoms with Crippen molar-refractivity contribution in [3.8, 4) is 0 Å². The van der Waals surface area contributed by atoms with E-state index in [1.54, 1.807) is 0 Å². The lowest BCUT2D eigenvalue weighted by Gasteiger charge is -2.25. The number of anilines is 1. The third-order valence-electron chi connectivity index (χ3n) is 4.67. The van der Waals surface area contributed by atoms with Gasteiger partial charge in [-0.25, -0.2) is 15.0 Å². The Morgan fingerprint density at radius 2 is 1.82 bits per heavy atom. The minimum Gasteiger partial charge on any atom is -0.382 e. The number of nitrogen functional groups attached to an aromatic ring is 1. The Morgan fingerprint density at radius 3 is 2.59 bits per heavy atom. The van der Waals surface area contributed by atoms with E-state index in [0.717, 1.165) is 5.65 Å². The van der Waals surface area contributed by atoms with Crippen molar-refractivity contribution in [1.82, 2.24) is 19.5 Å². The summed E-state index contributed by atoms with van der Waals surface area (Å²) in [5, 5.41) is 0. The highest BCUT2D eigenvalue weighted by molar-refractivity contribution is 5.81. The van der Waals surface area contributed by atoms with Gasteiger partial charge in [0.05, 0.1) is 12.4 Å². The highest BCUT2D eigenvalue weighted by Gasteiger charge is 2.29. The van der Waals surface area contributed by atoms with Gasteiger partial charge >= 0.3 is 0 Å². The van der Waals surface area contributed by atoms with E-state index in [1.165, 1.54) is 37.6 Å². The number of hydrogen-bond acceptors (Lipinski definition) is 4. The van der Waals surface area contributed by atoms with Crippen molar-refractivity contribution in [2.45, 2.75) is 31.7 Å². The molecular formula is C17H19N5. The number of nitrogens with two attached hydrogens (primary N) is 1. The van der Waals surface area contributed by atoms with Gasteiger partial charge in [0.25, 0.3) is 0 Å². The summed E-state index contributed by atoms with van der Waals surface area (Å²) in [6, 6.07) is 10.9. The summed E-state index contributed by atoms with van der Waals surface area (Å²) >= 11 is 0. The Kier molecular flexibility index (Phi) is 3.25. The zero-order valence-electron chi connectivity index (χ0n) is 12.4. The van der Waals surface area contributed by atoms with Gasteiger partial charge in [0.15, 0.2) is 11.5 Å². The van der Waals surface area contributed by atoms with Crippen LogP contribution in [0.3, 0.4) is 0 Å². The topological polar surface area (TPSA) is 69.6 Å². The third kappa shape index (κ3) is 2.13. The van der Waals surface area contributed by atoms with Gasteiger partial charge in [0, 0.05) is 0 Å². The fourth-order valence-electron chi connectivity index (χ4n) is 3.66. The molecule has 1 aliphatic rings.